The molecule has 0 fully saturated rings. The second-order valence-electron chi connectivity index (χ2n) is 6.24. The summed E-state index contributed by atoms with van der Waals surface area (Å²) in [6, 6.07) is 9.83. The topological polar surface area (TPSA) is 93.8 Å². The Hall–Kier alpha value is -2.93. The predicted molar refractivity (Wildman–Crippen MR) is 105 cm³/mol. The van der Waals surface area contributed by atoms with Gasteiger partial charge >= 0.3 is 0 Å². The van der Waals surface area contributed by atoms with E-state index in [1.54, 1.807) is 0 Å². The van der Waals surface area contributed by atoms with E-state index in [4.69, 9.17) is 16.3 Å². The van der Waals surface area contributed by atoms with Crippen molar-refractivity contribution < 1.29 is 14.5 Å². The van der Waals surface area contributed by atoms with Crippen LogP contribution in [0.25, 0.3) is 0 Å². The van der Waals surface area contributed by atoms with E-state index in [0.717, 1.165) is 11.1 Å². The number of rotatable bonds is 7. The first-order chi connectivity index (χ1) is 12.8. The zero-order valence-electron chi connectivity index (χ0n) is 15.2. The molecule has 0 spiro atoms. The Bertz CT molecular complexity index is 881. The number of hydrogen-bond acceptors (Lipinski definition) is 5. The lowest BCUT2D eigenvalue weighted by Gasteiger charge is -2.14. The highest BCUT2D eigenvalue weighted by Gasteiger charge is 2.11. The van der Waals surface area contributed by atoms with Crippen LogP contribution in [0.15, 0.2) is 41.5 Å². The molecule has 0 aliphatic heterocycles. The second kappa shape index (κ2) is 9.14. The summed E-state index contributed by atoms with van der Waals surface area (Å²) >= 11 is 5.97. The third kappa shape index (κ3) is 5.79. The van der Waals surface area contributed by atoms with Crippen molar-refractivity contribution in [2.24, 2.45) is 5.10 Å². The van der Waals surface area contributed by atoms with Crippen molar-refractivity contribution in [3.63, 3.8) is 0 Å². The number of nitrogens with one attached hydrogen (secondary N) is 1. The number of aryl methyl sites for hydroxylation is 1. The van der Waals surface area contributed by atoms with E-state index < -0.39 is 10.8 Å². The molecule has 0 radical (unpaired) electrons. The lowest BCUT2D eigenvalue weighted by molar-refractivity contribution is -0.384. The number of non-ortho nitro benzene ring substituents is 1. The maximum atomic E-state index is 11.9. The normalized spacial score (nSPS) is 11.0. The molecule has 142 valence electrons. The Morgan fingerprint density at radius 3 is 2.74 bits per heavy atom. The quantitative estimate of drug-likeness (QED) is 0.436. The van der Waals surface area contributed by atoms with Crippen molar-refractivity contribution in [3.05, 3.63) is 68.2 Å². The fourth-order valence-electron chi connectivity index (χ4n) is 2.34. The molecular formula is C19H20ClN3O4. The van der Waals surface area contributed by atoms with Gasteiger partial charge in [0, 0.05) is 22.7 Å². The van der Waals surface area contributed by atoms with Gasteiger partial charge < -0.3 is 4.74 Å². The van der Waals surface area contributed by atoms with Gasteiger partial charge in [0.1, 0.15) is 5.75 Å². The molecule has 8 heteroatoms. The van der Waals surface area contributed by atoms with E-state index in [1.165, 1.54) is 24.4 Å². The molecule has 0 saturated carbocycles. The van der Waals surface area contributed by atoms with Gasteiger partial charge in [-0.2, -0.15) is 5.10 Å². The number of nitrogens with zero attached hydrogens (tertiary/aromatic N) is 2. The van der Waals surface area contributed by atoms with Gasteiger partial charge in [0.15, 0.2) is 6.61 Å². The first kappa shape index (κ1) is 20.4. The molecule has 1 N–H and O–H groups in total. The highest BCUT2D eigenvalue weighted by Crippen LogP contribution is 2.27. The number of amides is 1. The molecule has 0 aliphatic rings. The minimum atomic E-state index is -0.533. The zero-order valence-corrected chi connectivity index (χ0v) is 16.0. The molecule has 0 aromatic heterocycles. The maximum Gasteiger partial charge on any atom is 0.277 e. The van der Waals surface area contributed by atoms with Gasteiger partial charge in [-0.3, -0.25) is 14.9 Å². The minimum absolute atomic E-state index is 0.115. The fourth-order valence-corrected chi connectivity index (χ4v) is 2.50. The van der Waals surface area contributed by atoms with Gasteiger partial charge in [-0.25, -0.2) is 5.43 Å². The van der Waals surface area contributed by atoms with Crippen LogP contribution in [0.5, 0.6) is 5.75 Å². The molecule has 2 rings (SSSR count). The number of nitro groups is 1. The van der Waals surface area contributed by atoms with Gasteiger partial charge in [-0.05, 0) is 36.1 Å². The second-order valence-corrected chi connectivity index (χ2v) is 6.65. The Balaban J connectivity index is 1.98. The van der Waals surface area contributed by atoms with E-state index in [0.29, 0.717) is 11.3 Å². The molecule has 0 heterocycles. The summed E-state index contributed by atoms with van der Waals surface area (Å²) < 4.78 is 5.62. The van der Waals surface area contributed by atoms with E-state index in [1.807, 2.05) is 39.0 Å². The zero-order chi connectivity index (χ0) is 20.0. The van der Waals surface area contributed by atoms with Crippen LogP contribution >= 0.6 is 11.6 Å². The molecule has 2 aromatic rings. The minimum Gasteiger partial charge on any atom is -0.483 e. The summed E-state index contributed by atoms with van der Waals surface area (Å²) in [6.07, 6.45) is 1.25. The Kier molecular flexibility index (Phi) is 6.90. The standard InChI is InChI=1S/C19H20ClN3O4/c1-12(2)16-6-4-13(3)8-18(16)27-11-19(24)22-21-10-14-9-15(23(25)26)5-7-17(14)20/h4-10,12H,11H2,1-3H3,(H,22,24)/b21-10-. The number of hydrogen-bond donors (Lipinski definition) is 1. The summed E-state index contributed by atoms with van der Waals surface area (Å²) in [6.45, 7) is 5.84. The molecule has 27 heavy (non-hydrogen) atoms. The number of nitro benzene ring substituents is 1. The van der Waals surface area contributed by atoms with Gasteiger partial charge in [0.25, 0.3) is 11.6 Å². The van der Waals surface area contributed by atoms with Crippen LogP contribution in [0, 0.1) is 17.0 Å². The lowest BCUT2D eigenvalue weighted by Crippen LogP contribution is -2.25. The van der Waals surface area contributed by atoms with Crippen LogP contribution in [0.3, 0.4) is 0 Å². The summed E-state index contributed by atoms with van der Waals surface area (Å²) in [7, 11) is 0. The summed E-state index contributed by atoms with van der Waals surface area (Å²) in [5, 5.41) is 14.9. The van der Waals surface area contributed by atoms with E-state index in [-0.39, 0.29) is 23.2 Å². The van der Waals surface area contributed by atoms with Crippen LogP contribution in [0.1, 0.15) is 36.5 Å². The highest BCUT2D eigenvalue weighted by atomic mass is 35.5. The lowest BCUT2D eigenvalue weighted by atomic mass is 10.0. The number of halogens is 1. The van der Waals surface area contributed by atoms with E-state index >= 15 is 0 Å². The van der Waals surface area contributed by atoms with Crippen LogP contribution in [0.4, 0.5) is 5.69 Å². The third-order valence-corrected chi connectivity index (χ3v) is 4.08. The molecule has 7 nitrogen and oxygen atoms in total. The van der Waals surface area contributed by atoms with Crippen molar-refractivity contribution >= 4 is 29.4 Å². The first-order valence-corrected chi connectivity index (χ1v) is 8.65. The Labute approximate surface area is 162 Å². The first-order valence-electron chi connectivity index (χ1n) is 8.27. The van der Waals surface area contributed by atoms with Gasteiger partial charge in [0.05, 0.1) is 11.1 Å². The van der Waals surface area contributed by atoms with E-state index in [2.05, 4.69) is 10.5 Å². The number of carbonyl (C=O) groups excluding carboxylic acids is 1. The number of ether oxygens (including phenoxy) is 1. The number of hydrazone groups is 1. The largest absolute Gasteiger partial charge is 0.483 e. The van der Waals surface area contributed by atoms with Crippen molar-refractivity contribution in [2.75, 3.05) is 6.61 Å². The van der Waals surface area contributed by atoms with E-state index in [9.17, 15) is 14.9 Å². The maximum absolute atomic E-state index is 11.9. The Morgan fingerprint density at radius 2 is 2.07 bits per heavy atom. The predicted octanol–water partition coefficient (Wildman–Crippen LogP) is 4.21. The summed E-state index contributed by atoms with van der Waals surface area (Å²) in [5.74, 6) is 0.465. The van der Waals surface area contributed by atoms with Gasteiger partial charge in [-0.15, -0.1) is 0 Å². The van der Waals surface area contributed by atoms with Gasteiger partial charge in [0.2, 0.25) is 0 Å². The molecule has 2 aromatic carbocycles. The molecule has 0 unspecified atom stereocenters. The van der Waals surface area contributed by atoms with Crippen molar-refractivity contribution in [2.45, 2.75) is 26.7 Å². The average molecular weight is 390 g/mol. The summed E-state index contributed by atoms with van der Waals surface area (Å²) in [4.78, 5) is 22.2. The van der Waals surface area contributed by atoms with Crippen molar-refractivity contribution in [1.29, 1.82) is 0 Å². The van der Waals surface area contributed by atoms with Crippen molar-refractivity contribution in [3.8, 4) is 5.75 Å². The number of benzene rings is 2. The molecule has 0 bridgehead atoms. The average Bonchev–Trinajstić information content (AvgIpc) is 2.61. The highest BCUT2D eigenvalue weighted by molar-refractivity contribution is 6.33. The van der Waals surface area contributed by atoms with Crippen LogP contribution in [0.2, 0.25) is 5.02 Å². The smallest absolute Gasteiger partial charge is 0.277 e. The van der Waals surface area contributed by atoms with Crippen LogP contribution < -0.4 is 10.2 Å². The monoisotopic (exact) mass is 389 g/mol. The Morgan fingerprint density at radius 1 is 1.33 bits per heavy atom. The molecule has 0 atom stereocenters. The molecule has 0 aliphatic carbocycles. The van der Waals surface area contributed by atoms with Crippen LogP contribution in [-0.4, -0.2) is 23.7 Å². The molecule has 1 amide bonds. The number of carbonyl (C=O) groups is 1. The van der Waals surface area contributed by atoms with Crippen molar-refractivity contribution in [1.82, 2.24) is 5.43 Å². The third-order valence-electron chi connectivity index (χ3n) is 3.73. The molecule has 0 saturated heterocycles. The molecular weight excluding hydrogens is 370 g/mol. The van der Waals surface area contributed by atoms with Crippen LogP contribution in [-0.2, 0) is 4.79 Å². The SMILES string of the molecule is Cc1ccc(C(C)C)c(OCC(=O)N/N=C\c2cc([N+](=O)[O-])ccc2Cl)c1. The summed E-state index contributed by atoms with van der Waals surface area (Å²) in [5.41, 5.74) is 4.58. The fraction of sp³-hybridized carbons (Fsp3) is 0.263. The van der Waals surface area contributed by atoms with Gasteiger partial charge in [-0.1, -0.05) is 37.6 Å².